The highest BCUT2D eigenvalue weighted by Crippen LogP contribution is 2.29. The predicted molar refractivity (Wildman–Crippen MR) is 118 cm³/mol. The van der Waals surface area contributed by atoms with E-state index in [1.807, 2.05) is 54.4 Å². The molecule has 4 rings (SSSR count). The van der Waals surface area contributed by atoms with Gasteiger partial charge < -0.3 is 14.4 Å². The summed E-state index contributed by atoms with van der Waals surface area (Å²) in [6.07, 6.45) is 3.75. The van der Waals surface area contributed by atoms with Gasteiger partial charge in [-0.25, -0.2) is 15.0 Å². The Morgan fingerprint density at radius 1 is 1.16 bits per heavy atom. The number of ether oxygens (including phenoxy) is 2. The minimum absolute atomic E-state index is 0.0286. The van der Waals surface area contributed by atoms with E-state index in [2.05, 4.69) is 9.97 Å². The quantitative estimate of drug-likeness (QED) is 0.545. The Hall–Kier alpha value is -2.90. The Labute approximate surface area is 182 Å². The normalized spacial score (nSPS) is 16.6. The second-order valence-electron chi connectivity index (χ2n) is 7.85. The van der Waals surface area contributed by atoms with Crippen LogP contribution in [0.5, 0.6) is 0 Å². The number of likely N-dealkylation sites (tertiary alicyclic amines) is 1. The van der Waals surface area contributed by atoms with Gasteiger partial charge in [-0.1, -0.05) is 24.3 Å². The molecular weight excluding hydrogens is 392 g/mol. The number of carbonyl (C=O) groups is 1. The highest BCUT2D eigenvalue weighted by molar-refractivity contribution is 5.95. The number of hydrogen-bond donors (Lipinski definition) is 0. The predicted octanol–water partition coefficient (Wildman–Crippen LogP) is 3.52. The highest BCUT2D eigenvalue weighted by Gasteiger charge is 2.28. The number of piperidine rings is 1. The van der Waals surface area contributed by atoms with Crippen LogP contribution in [0.3, 0.4) is 0 Å². The van der Waals surface area contributed by atoms with E-state index in [0.29, 0.717) is 32.1 Å². The molecule has 1 saturated heterocycles. The van der Waals surface area contributed by atoms with Gasteiger partial charge in [-0.05, 0) is 31.9 Å². The number of aryl methyl sites for hydroxylation is 1. The van der Waals surface area contributed by atoms with Crippen molar-refractivity contribution in [3.8, 4) is 0 Å². The average Bonchev–Trinajstić information content (AvgIpc) is 2.82. The molecular formula is C24H28N4O3. The zero-order valence-corrected chi connectivity index (χ0v) is 18.1. The molecule has 1 aliphatic heterocycles. The summed E-state index contributed by atoms with van der Waals surface area (Å²) < 4.78 is 10.8. The van der Waals surface area contributed by atoms with Crippen LogP contribution in [0.4, 0.5) is 0 Å². The van der Waals surface area contributed by atoms with Crippen molar-refractivity contribution in [2.24, 2.45) is 0 Å². The minimum Gasteiger partial charge on any atom is -0.382 e. The lowest BCUT2D eigenvalue weighted by atomic mass is 9.92. The smallest absolute Gasteiger partial charge is 0.272 e. The number of nitrogens with zero attached hydrogens (tertiary/aromatic N) is 4. The average molecular weight is 421 g/mol. The molecule has 3 aromatic rings. The summed E-state index contributed by atoms with van der Waals surface area (Å²) in [5, 5.41) is 1.03. The summed E-state index contributed by atoms with van der Waals surface area (Å²) in [7, 11) is 1.65. The summed E-state index contributed by atoms with van der Waals surface area (Å²) in [5.74, 6) is 0.857. The van der Waals surface area contributed by atoms with Crippen LogP contribution >= 0.6 is 0 Å². The van der Waals surface area contributed by atoms with Gasteiger partial charge in [0.1, 0.15) is 11.5 Å². The van der Waals surface area contributed by atoms with E-state index in [-0.39, 0.29) is 11.8 Å². The molecule has 0 bridgehead atoms. The molecule has 1 aromatic carbocycles. The summed E-state index contributed by atoms with van der Waals surface area (Å²) in [4.78, 5) is 28.8. The Morgan fingerprint density at radius 2 is 2.03 bits per heavy atom. The largest absolute Gasteiger partial charge is 0.382 e. The van der Waals surface area contributed by atoms with E-state index >= 15 is 0 Å². The van der Waals surface area contributed by atoms with Gasteiger partial charge in [0.2, 0.25) is 0 Å². The van der Waals surface area contributed by atoms with Crippen molar-refractivity contribution in [2.75, 3.05) is 33.4 Å². The molecule has 1 fully saturated rings. The molecule has 162 valence electrons. The zero-order valence-electron chi connectivity index (χ0n) is 18.1. The van der Waals surface area contributed by atoms with E-state index in [1.54, 1.807) is 7.11 Å². The van der Waals surface area contributed by atoms with Crippen molar-refractivity contribution in [2.45, 2.75) is 32.3 Å². The number of aromatic nitrogens is 3. The third-order valence-electron chi connectivity index (χ3n) is 5.62. The van der Waals surface area contributed by atoms with E-state index in [1.165, 1.54) is 0 Å². The molecule has 1 unspecified atom stereocenters. The zero-order chi connectivity index (χ0) is 21.6. The number of pyridine rings is 1. The van der Waals surface area contributed by atoms with Crippen molar-refractivity contribution >= 4 is 16.8 Å². The van der Waals surface area contributed by atoms with Crippen LogP contribution in [0.2, 0.25) is 0 Å². The maximum atomic E-state index is 13.2. The number of rotatable bonds is 7. The Kier molecular flexibility index (Phi) is 6.84. The van der Waals surface area contributed by atoms with Crippen LogP contribution in [-0.2, 0) is 16.1 Å². The van der Waals surface area contributed by atoms with Crippen LogP contribution in [0.1, 0.15) is 46.3 Å². The van der Waals surface area contributed by atoms with Crippen LogP contribution in [0.25, 0.3) is 10.9 Å². The second kappa shape index (κ2) is 9.94. The van der Waals surface area contributed by atoms with Crippen molar-refractivity contribution < 1.29 is 14.3 Å². The van der Waals surface area contributed by atoms with Gasteiger partial charge in [-0.2, -0.15) is 0 Å². The molecule has 0 radical (unpaired) electrons. The molecule has 1 atom stereocenters. The maximum Gasteiger partial charge on any atom is 0.272 e. The molecule has 0 aliphatic carbocycles. The fourth-order valence-corrected chi connectivity index (χ4v) is 4.03. The number of carbonyl (C=O) groups excluding carboxylic acids is 1. The van der Waals surface area contributed by atoms with Crippen molar-refractivity contribution in [3.05, 3.63) is 65.4 Å². The van der Waals surface area contributed by atoms with Gasteiger partial charge in [0.05, 0.1) is 31.0 Å². The first-order chi connectivity index (χ1) is 15.2. The molecule has 0 saturated carbocycles. The molecule has 1 amide bonds. The summed E-state index contributed by atoms with van der Waals surface area (Å²) in [5.41, 5.74) is 3.28. The Balaban J connectivity index is 1.51. The van der Waals surface area contributed by atoms with E-state index in [0.717, 1.165) is 47.4 Å². The fraction of sp³-hybridized carbons (Fsp3) is 0.417. The van der Waals surface area contributed by atoms with Crippen LogP contribution in [-0.4, -0.2) is 59.2 Å². The number of methoxy groups -OCH3 is 1. The first-order valence-electron chi connectivity index (χ1n) is 10.7. The third-order valence-corrected chi connectivity index (χ3v) is 5.62. The molecule has 3 heterocycles. The lowest BCUT2D eigenvalue weighted by molar-refractivity contribution is 0.0602. The van der Waals surface area contributed by atoms with Crippen molar-refractivity contribution in [1.82, 2.24) is 19.9 Å². The Bertz CT molecular complexity index is 1060. The standard InChI is InChI=1S/C24H28N4O3/c1-17-25-14-20(16-31-13-12-30-2)23(26-17)19-7-5-11-28(15-19)24(29)22-10-9-18-6-3-4-8-21(18)27-22/h3-4,6,8-10,14,19H,5,7,11-13,15-16H2,1-2H3. The fourth-order valence-electron chi connectivity index (χ4n) is 4.03. The SMILES string of the molecule is COCCOCc1cnc(C)nc1C1CCCN(C(=O)c2ccc3ccccc3n2)C1. The molecule has 7 heteroatoms. The molecule has 7 nitrogen and oxygen atoms in total. The van der Waals surface area contributed by atoms with Crippen LogP contribution in [0, 0.1) is 6.92 Å². The maximum absolute atomic E-state index is 13.2. The summed E-state index contributed by atoms with van der Waals surface area (Å²) in [6, 6.07) is 11.6. The molecule has 31 heavy (non-hydrogen) atoms. The van der Waals surface area contributed by atoms with Crippen molar-refractivity contribution in [3.63, 3.8) is 0 Å². The third kappa shape index (κ3) is 5.06. The summed E-state index contributed by atoms with van der Waals surface area (Å²) >= 11 is 0. The second-order valence-corrected chi connectivity index (χ2v) is 7.85. The molecule has 2 aromatic heterocycles. The molecule has 0 N–H and O–H groups in total. The molecule has 1 aliphatic rings. The minimum atomic E-state index is -0.0286. The van der Waals surface area contributed by atoms with Crippen LogP contribution in [0.15, 0.2) is 42.6 Å². The van der Waals surface area contributed by atoms with Gasteiger partial charge in [0, 0.05) is 43.3 Å². The van der Waals surface area contributed by atoms with E-state index < -0.39 is 0 Å². The van der Waals surface area contributed by atoms with Gasteiger partial charge >= 0.3 is 0 Å². The van der Waals surface area contributed by atoms with Crippen molar-refractivity contribution in [1.29, 1.82) is 0 Å². The van der Waals surface area contributed by atoms with Gasteiger partial charge in [-0.15, -0.1) is 0 Å². The number of benzene rings is 1. The first-order valence-corrected chi connectivity index (χ1v) is 10.7. The summed E-state index contributed by atoms with van der Waals surface area (Å²) in [6.45, 7) is 4.75. The van der Waals surface area contributed by atoms with Gasteiger partial charge in [-0.3, -0.25) is 4.79 Å². The van der Waals surface area contributed by atoms with E-state index in [9.17, 15) is 4.79 Å². The van der Waals surface area contributed by atoms with E-state index in [4.69, 9.17) is 14.5 Å². The number of amides is 1. The van der Waals surface area contributed by atoms with Gasteiger partial charge in [0.15, 0.2) is 0 Å². The molecule has 0 spiro atoms. The highest BCUT2D eigenvalue weighted by atomic mass is 16.5. The van der Waals surface area contributed by atoms with Gasteiger partial charge in [0.25, 0.3) is 5.91 Å². The number of fused-ring (bicyclic) bond motifs is 1. The first kappa shape index (κ1) is 21.3. The topological polar surface area (TPSA) is 77.4 Å². The number of hydrogen-bond acceptors (Lipinski definition) is 6. The number of para-hydroxylation sites is 1. The lowest BCUT2D eigenvalue weighted by Gasteiger charge is -2.33. The Morgan fingerprint density at radius 3 is 2.90 bits per heavy atom. The van der Waals surface area contributed by atoms with Crippen LogP contribution < -0.4 is 0 Å². The monoisotopic (exact) mass is 420 g/mol. The lowest BCUT2D eigenvalue weighted by Crippen LogP contribution is -2.40.